The highest BCUT2D eigenvalue weighted by Gasteiger charge is 2.04. The molecule has 4 heteroatoms. The summed E-state index contributed by atoms with van der Waals surface area (Å²) in [5.41, 5.74) is 9.94. The summed E-state index contributed by atoms with van der Waals surface area (Å²) in [6.07, 6.45) is 0. The van der Waals surface area contributed by atoms with Crippen molar-refractivity contribution in [1.82, 2.24) is 4.98 Å². The van der Waals surface area contributed by atoms with Crippen LogP contribution >= 0.6 is 12.2 Å². The molecule has 3 nitrogen and oxygen atoms in total. The van der Waals surface area contributed by atoms with Gasteiger partial charge in [-0.25, -0.2) is 0 Å². The maximum Gasteiger partial charge on any atom is 0.168 e. The molecule has 1 heterocycles. The summed E-state index contributed by atoms with van der Waals surface area (Å²) in [6, 6.07) is 6.03. The summed E-state index contributed by atoms with van der Waals surface area (Å²) in [7, 11) is 0. The summed E-state index contributed by atoms with van der Waals surface area (Å²) >= 11 is 4.80. The van der Waals surface area contributed by atoms with E-state index in [9.17, 15) is 0 Å². The number of aromatic nitrogens is 1. The molecule has 0 radical (unpaired) electrons. The van der Waals surface area contributed by atoms with E-state index in [1.165, 1.54) is 16.6 Å². The average molecular weight is 219 g/mol. The molecule has 2 aromatic rings. The second-order valence-corrected chi connectivity index (χ2v) is 4.06. The highest BCUT2D eigenvalue weighted by atomic mass is 32.1. The highest BCUT2D eigenvalue weighted by molar-refractivity contribution is 7.80. The zero-order valence-corrected chi connectivity index (χ0v) is 9.53. The molecule has 4 N–H and O–H groups in total. The Kier molecular flexibility index (Phi) is 2.36. The molecule has 0 fully saturated rings. The van der Waals surface area contributed by atoms with Gasteiger partial charge in [0.1, 0.15) is 0 Å². The van der Waals surface area contributed by atoms with Crippen LogP contribution in [0.5, 0.6) is 0 Å². The Morgan fingerprint density at radius 1 is 1.40 bits per heavy atom. The first-order valence-corrected chi connectivity index (χ1v) is 5.14. The van der Waals surface area contributed by atoms with E-state index in [1.54, 1.807) is 0 Å². The van der Waals surface area contributed by atoms with Crippen molar-refractivity contribution in [3.05, 3.63) is 29.5 Å². The normalized spacial score (nSPS) is 10.5. The van der Waals surface area contributed by atoms with Gasteiger partial charge < -0.3 is 16.0 Å². The van der Waals surface area contributed by atoms with Crippen LogP contribution in [0, 0.1) is 13.8 Å². The minimum atomic E-state index is 0.291. The van der Waals surface area contributed by atoms with Crippen LogP contribution in [0.1, 0.15) is 11.3 Å². The van der Waals surface area contributed by atoms with E-state index in [0.29, 0.717) is 5.11 Å². The predicted octanol–water partition coefficient (Wildman–Crippen LogP) is 2.44. The lowest BCUT2D eigenvalue weighted by Crippen LogP contribution is -2.18. The molecule has 2 rings (SSSR count). The van der Waals surface area contributed by atoms with E-state index < -0.39 is 0 Å². The molecular weight excluding hydrogens is 206 g/mol. The number of fused-ring (bicyclic) bond motifs is 1. The average Bonchev–Trinajstić information content (AvgIpc) is 2.43. The molecule has 0 amide bonds. The first kappa shape index (κ1) is 9.98. The third kappa shape index (κ3) is 1.80. The van der Waals surface area contributed by atoms with Crippen LogP contribution in [0.4, 0.5) is 5.69 Å². The van der Waals surface area contributed by atoms with E-state index in [-0.39, 0.29) is 0 Å². The minimum absolute atomic E-state index is 0.291. The minimum Gasteiger partial charge on any atom is -0.376 e. The van der Waals surface area contributed by atoms with Crippen LogP contribution in [0.2, 0.25) is 0 Å². The highest BCUT2D eigenvalue weighted by Crippen LogP contribution is 2.24. The largest absolute Gasteiger partial charge is 0.376 e. The SMILES string of the molecule is Cc1[nH]c2ccc(NC(N)=S)cc2c1C. The van der Waals surface area contributed by atoms with Crippen LogP contribution in [-0.4, -0.2) is 10.1 Å². The maximum absolute atomic E-state index is 5.42. The van der Waals surface area contributed by atoms with E-state index in [4.69, 9.17) is 18.0 Å². The number of thiocarbonyl (C=S) groups is 1. The van der Waals surface area contributed by atoms with Crippen LogP contribution in [0.3, 0.4) is 0 Å². The molecule has 0 spiro atoms. The number of anilines is 1. The molecule has 0 aliphatic carbocycles. The summed E-state index contributed by atoms with van der Waals surface area (Å²) in [5, 5.41) is 4.42. The summed E-state index contributed by atoms with van der Waals surface area (Å²) in [5.74, 6) is 0. The van der Waals surface area contributed by atoms with Crippen LogP contribution in [-0.2, 0) is 0 Å². The second-order valence-electron chi connectivity index (χ2n) is 3.62. The van der Waals surface area contributed by atoms with Gasteiger partial charge in [0.05, 0.1) is 0 Å². The Morgan fingerprint density at radius 3 is 2.80 bits per heavy atom. The van der Waals surface area contributed by atoms with Crippen molar-refractivity contribution < 1.29 is 0 Å². The Morgan fingerprint density at radius 2 is 2.13 bits per heavy atom. The predicted molar refractivity (Wildman–Crippen MR) is 68.2 cm³/mol. The summed E-state index contributed by atoms with van der Waals surface area (Å²) in [4.78, 5) is 3.32. The Bertz CT molecular complexity index is 528. The number of hydrogen-bond acceptors (Lipinski definition) is 1. The topological polar surface area (TPSA) is 53.8 Å². The lowest BCUT2D eigenvalue weighted by Gasteiger charge is -2.03. The lowest BCUT2D eigenvalue weighted by atomic mass is 10.1. The first-order valence-electron chi connectivity index (χ1n) is 4.73. The lowest BCUT2D eigenvalue weighted by molar-refractivity contribution is 1.25. The standard InChI is InChI=1S/C11H13N3S/c1-6-7(2)13-10-4-3-8(5-9(6)10)14-11(12)15/h3-5,13H,1-2H3,(H3,12,14,15). The second kappa shape index (κ2) is 3.55. The van der Waals surface area contributed by atoms with Crippen molar-refractivity contribution in [1.29, 1.82) is 0 Å². The number of nitrogens with two attached hydrogens (primary N) is 1. The van der Waals surface area contributed by atoms with Crippen LogP contribution in [0.15, 0.2) is 18.2 Å². The summed E-state index contributed by atoms with van der Waals surface area (Å²) < 4.78 is 0. The zero-order chi connectivity index (χ0) is 11.0. The van der Waals surface area contributed by atoms with Crippen LogP contribution in [0.25, 0.3) is 10.9 Å². The van der Waals surface area contributed by atoms with Gasteiger partial charge in [-0.3, -0.25) is 0 Å². The quantitative estimate of drug-likeness (QED) is 0.646. The van der Waals surface area contributed by atoms with Gasteiger partial charge in [-0.1, -0.05) is 0 Å². The molecule has 1 aromatic carbocycles. The molecule has 1 aromatic heterocycles. The van der Waals surface area contributed by atoms with Gasteiger partial charge in [0.25, 0.3) is 0 Å². The third-order valence-electron chi connectivity index (χ3n) is 2.58. The molecule has 0 bridgehead atoms. The first-order chi connectivity index (χ1) is 7.08. The Hall–Kier alpha value is -1.55. The van der Waals surface area contributed by atoms with Gasteiger partial charge in [0.2, 0.25) is 0 Å². The number of hydrogen-bond donors (Lipinski definition) is 3. The fourth-order valence-corrected chi connectivity index (χ4v) is 1.80. The van der Waals surface area contributed by atoms with Gasteiger partial charge >= 0.3 is 0 Å². The number of rotatable bonds is 1. The number of aryl methyl sites for hydroxylation is 2. The van der Waals surface area contributed by atoms with E-state index in [1.807, 2.05) is 18.2 Å². The van der Waals surface area contributed by atoms with Crippen LogP contribution < -0.4 is 11.1 Å². The molecule has 78 valence electrons. The number of benzene rings is 1. The molecule has 0 saturated carbocycles. The maximum atomic E-state index is 5.42. The van der Waals surface area contributed by atoms with Crippen molar-refractivity contribution in [2.24, 2.45) is 5.73 Å². The van der Waals surface area contributed by atoms with Gasteiger partial charge in [-0.2, -0.15) is 0 Å². The van der Waals surface area contributed by atoms with Gasteiger partial charge in [-0.15, -0.1) is 0 Å². The molecule has 0 saturated heterocycles. The van der Waals surface area contributed by atoms with Gasteiger partial charge in [0.15, 0.2) is 5.11 Å². The van der Waals surface area contributed by atoms with Crippen molar-refractivity contribution >= 4 is 33.9 Å². The van der Waals surface area contributed by atoms with Crippen molar-refractivity contribution in [3.8, 4) is 0 Å². The monoisotopic (exact) mass is 219 g/mol. The molecule has 15 heavy (non-hydrogen) atoms. The number of H-pyrrole nitrogens is 1. The van der Waals surface area contributed by atoms with Crippen molar-refractivity contribution in [3.63, 3.8) is 0 Å². The fourth-order valence-electron chi connectivity index (χ4n) is 1.68. The van der Waals surface area contributed by atoms with Gasteiger partial charge in [-0.05, 0) is 49.8 Å². The number of aromatic amines is 1. The fraction of sp³-hybridized carbons (Fsp3) is 0.182. The smallest absolute Gasteiger partial charge is 0.168 e. The van der Waals surface area contributed by atoms with E-state index in [2.05, 4.69) is 24.1 Å². The van der Waals surface area contributed by atoms with Crippen molar-refractivity contribution in [2.45, 2.75) is 13.8 Å². The van der Waals surface area contributed by atoms with E-state index >= 15 is 0 Å². The number of nitrogens with one attached hydrogen (secondary N) is 2. The molecule has 0 atom stereocenters. The van der Waals surface area contributed by atoms with Crippen molar-refractivity contribution in [2.75, 3.05) is 5.32 Å². The van der Waals surface area contributed by atoms with Gasteiger partial charge in [0, 0.05) is 22.3 Å². The third-order valence-corrected chi connectivity index (χ3v) is 2.68. The molecule has 0 aliphatic heterocycles. The Balaban J connectivity index is 2.54. The molecular formula is C11H13N3S. The molecule has 0 unspecified atom stereocenters. The summed E-state index contributed by atoms with van der Waals surface area (Å²) in [6.45, 7) is 4.16. The van der Waals surface area contributed by atoms with E-state index in [0.717, 1.165) is 11.2 Å². The zero-order valence-electron chi connectivity index (χ0n) is 8.72. The molecule has 0 aliphatic rings. The Labute approximate surface area is 93.7 Å².